The van der Waals surface area contributed by atoms with Gasteiger partial charge in [0.15, 0.2) is 0 Å². The van der Waals surface area contributed by atoms with Crippen LogP contribution in [0.25, 0.3) is 0 Å². The van der Waals surface area contributed by atoms with Crippen molar-refractivity contribution >= 4 is 17.8 Å². The van der Waals surface area contributed by atoms with Gasteiger partial charge in [0.2, 0.25) is 11.8 Å². The Balaban J connectivity index is 2.13. The highest BCUT2D eigenvalue weighted by molar-refractivity contribution is 5.80. The summed E-state index contributed by atoms with van der Waals surface area (Å²) < 4.78 is 5.30. The lowest BCUT2D eigenvalue weighted by molar-refractivity contribution is -0.140. The van der Waals surface area contributed by atoms with Crippen LogP contribution in [0, 0.1) is 0 Å². The molecule has 0 bridgehead atoms. The minimum absolute atomic E-state index is 0.0795. The molecular formula is C18H24N2O5. The summed E-state index contributed by atoms with van der Waals surface area (Å²) in [6.45, 7) is 1.78. The predicted octanol–water partition coefficient (Wildman–Crippen LogP) is 1.34. The number of amides is 2. The lowest BCUT2D eigenvalue weighted by atomic mass is 10.0. The van der Waals surface area contributed by atoms with Gasteiger partial charge < -0.3 is 20.1 Å². The smallest absolute Gasteiger partial charge is 0.305 e. The van der Waals surface area contributed by atoms with Gasteiger partial charge in [0.25, 0.3) is 0 Å². The highest BCUT2D eigenvalue weighted by Gasteiger charge is 2.37. The normalized spacial score (nSPS) is 21.0. The van der Waals surface area contributed by atoms with Gasteiger partial charge in [-0.3, -0.25) is 14.4 Å². The Morgan fingerprint density at radius 2 is 2.00 bits per heavy atom. The number of likely N-dealkylation sites (tertiary alicyclic amines) is 1. The summed E-state index contributed by atoms with van der Waals surface area (Å²) in [6.07, 6.45) is 0.312. The molecule has 0 spiro atoms. The van der Waals surface area contributed by atoms with Crippen LogP contribution in [0.3, 0.4) is 0 Å². The van der Waals surface area contributed by atoms with Crippen molar-refractivity contribution in [3.63, 3.8) is 0 Å². The van der Waals surface area contributed by atoms with Crippen molar-refractivity contribution in [2.45, 2.75) is 44.4 Å². The van der Waals surface area contributed by atoms with E-state index in [2.05, 4.69) is 5.32 Å². The van der Waals surface area contributed by atoms with Crippen LogP contribution in [0.1, 0.15) is 37.8 Å². The SMILES string of the molecule is COC1CC(CC(=O)O)N(C(=O)CC(NC(C)=O)c2ccccc2)C1. The zero-order chi connectivity index (χ0) is 18.4. The van der Waals surface area contributed by atoms with Crippen LogP contribution in [0.4, 0.5) is 0 Å². The second-order valence-electron chi connectivity index (χ2n) is 6.26. The number of carboxylic acids is 1. The van der Waals surface area contributed by atoms with E-state index in [4.69, 9.17) is 9.84 Å². The lowest BCUT2D eigenvalue weighted by Crippen LogP contribution is -2.40. The number of aliphatic carboxylic acids is 1. The van der Waals surface area contributed by atoms with E-state index in [9.17, 15) is 14.4 Å². The molecule has 0 radical (unpaired) electrons. The summed E-state index contributed by atoms with van der Waals surface area (Å²) in [5.41, 5.74) is 0.836. The maximum Gasteiger partial charge on any atom is 0.305 e. The number of carboxylic acid groups (broad SMARTS) is 1. The summed E-state index contributed by atoms with van der Waals surface area (Å²) in [5.74, 6) is -1.35. The summed E-state index contributed by atoms with van der Waals surface area (Å²) in [5, 5.41) is 11.9. The summed E-state index contributed by atoms with van der Waals surface area (Å²) >= 11 is 0. The molecule has 3 atom stereocenters. The highest BCUT2D eigenvalue weighted by Crippen LogP contribution is 2.26. The average molecular weight is 348 g/mol. The third-order valence-corrected chi connectivity index (χ3v) is 4.40. The average Bonchev–Trinajstić information content (AvgIpc) is 2.97. The molecule has 0 aliphatic carbocycles. The van der Waals surface area contributed by atoms with Crippen molar-refractivity contribution in [1.82, 2.24) is 10.2 Å². The number of hydrogen-bond acceptors (Lipinski definition) is 4. The van der Waals surface area contributed by atoms with Crippen LogP contribution < -0.4 is 5.32 Å². The van der Waals surface area contributed by atoms with Gasteiger partial charge in [0.1, 0.15) is 0 Å². The molecule has 1 aromatic carbocycles. The number of rotatable bonds is 7. The van der Waals surface area contributed by atoms with E-state index in [0.29, 0.717) is 13.0 Å². The molecule has 1 saturated heterocycles. The predicted molar refractivity (Wildman–Crippen MR) is 90.8 cm³/mol. The van der Waals surface area contributed by atoms with Crippen LogP contribution in [0.2, 0.25) is 0 Å². The Hall–Kier alpha value is -2.41. The first kappa shape index (κ1) is 18.9. The Morgan fingerprint density at radius 1 is 1.32 bits per heavy atom. The third-order valence-electron chi connectivity index (χ3n) is 4.40. The van der Waals surface area contributed by atoms with Crippen molar-refractivity contribution in [2.24, 2.45) is 0 Å². The van der Waals surface area contributed by atoms with Crippen molar-refractivity contribution in [3.8, 4) is 0 Å². The molecule has 2 rings (SSSR count). The van der Waals surface area contributed by atoms with Gasteiger partial charge in [-0.1, -0.05) is 30.3 Å². The zero-order valence-corrected chi connectivity index (χ0v) is 14.5. The fourth-order valence-corrected chi connectivity index (χ4v) is 3.22. The molecule has 1 fully saturated rings. The maximum atomic E-state index is 12.8. The van der Waals surface area contributed by atoms with E-state index in [1.54, 1.807) is 12.0 Å². The van der Waals surface area contributed by atoms with Gasteiger partial charge in [0, 0.05) is 26.6 Å². The van der Waals surface area contributed by atoms with Gasteiger partial charge in [0.05, 0.1) is 25.0 Å². The molecule has 0 aromatic heterocycles. The Bertz CT molecular complexity index is 619. The standard InChI is InChI=1S/C18H24N2O5/c1-12(21)19-16(13-6-4-3-5-7-13)10-17(22)20-11-15(25-2)8-14(20)9-18(23)24/h3-7,14-16H,8-11H2,1-2H3,(H,19,21)(H,23,24). The topological polar surface area (TPSA) is 95.9 Å². The first-order chi connectivity index (χ1) is 11.9. The minimum atomic E-state index is -0.943. The van der Waals surface area contributed by atoms with E-state index >= 15 is 0 Å². The Kier molecular flexibility index (Phi) is 6.52. The molecule has 7 nitrogen and oxygen atoms in total. The quantitative estimate of drug-likeness (QED) is 0.775. The van der Waals surface area contributed by atoms with Gasteiger partial charge >= 0.3 is 5.97 Å². The number of carbonyl (C=O) groups excluding carboxylic acids is 2. The minimum Gasteiger partial charge on any atom is -0.481 e. The van der Waals surface area contributed by atoms with Gasteiger partial charge in [-0.2, -0.15) is 0 Å². The number of nitrogens with zero attached hydrogens (tertiary/aromatic N) is 1. The zero-order valence-electron chi connectivity index (χ0n) is 14.5. The molecule has 1 aliphatic heterocycles. The number of methoxy groups -OCH3 is 1. The summed E-state index contributed by atoms with van der Waals surface area (Å²) in [7, 11) is 1.56. The first-order valence-electron chi connectivity index (χ1n) is 8.26. The van der Waals surface area contributed by atoms with E-state index in [0.717, 1.165) is 5.56 Å². The second kappa shape index (κ2) is 8.62. The van der Waals surface area contributed by atoms with Crippen molar-refractivity contribution < 1.29 is 24.2 Å². The fourth-order valence-electron chi connectivity index (χ4n) is 3.22. The summed E-state index contributed by atoms with van der Waals surface area (Å²) in [4.78, 5) is 36.9. The third kappa shape index (κ3) is 5.29. The first-order valence-corrected chi connectivity index (χ1v) is 8.26. The Morgan fingerprint density at radius 3 is 2.56 bits per heavy atom. The number of hydrogen-bond donors (Lipinski definition) is 2. The number of carbonyl (C=O) groups is 3. The lowest BCUT2D eigenvalue weighted by Gasteiger charge is -2.26. The molecule has 25 heavy (non-hydrogen) atoms. The second-order valence-corrected chi connectivity index (χ2v) is 6.26. The van der Waals surface area contributed by atoms with Crippen molar-refractivity contribution in [3.05, 3.63) is 35.9 Å². The van der Waals surface area contributed by atoms with Gasteiger partial charge in [-0.15, -0.1) is 0 Å². The summed E-state index contributed by atoms with van der Waals surface area (Å²) in [6, 6.07) is 8.43. The fraction of sp³-hybridized carbons (Fsp3) is 0.500. The molecule has 1 aromatic rings. The number of nitrogens with one attached hydrogen (secondary N) is 1. The highest BCUT2D eigenvalue weighted by atomic mass is 16.5. The van der Waals surface area contributed by atoms with E-state index in [-0.39, 0.29) is 36.8 Å². The molecule has 2 amide bonds. The van der Waals surface area contributed by atoms with Gasteiger partial charge in [-0.05, 0) is 12.0 Å². The monoisotopic (exact) mass is 348 g/mol. The van der Waals surface area contributed by atoms with Crippen LogP contribution >= 0.6 is 0 Å². The van der Waals surface area contributed by atoms with E-state index in [1.807, 2.05) is 30.3 Å². The number of benzene rings is 1. The van der Waals surface area contributed by atoms with Crippen LogP contribution in [-0.4, -0.2) is 53.6 Å². The van der Waals surface area contributed by atoms with Crippen molar-refractivity contribution in [2.75, 3.05) is 13.7 Å². The van der Waals surface area contributed by atoms with Crippen LogP contribution in [0.5, 0.6) is 0 Å². The van der Waals surface area contributed by atoms with Crippen LogP contribution in [-0.2, 0) is 19.1 Å². The molecule has 0 saturated carbocycles. The molecular weight excluding hydrogens is 324 g/mol. The molecule has 136 valence electrons. The van der Waals surface area contributed by atoms with Crippen LogP contribution in [0.15, 0.2) is 30.3 Å². The number of ether oxygens (including phenoxy) is 1. The Labute approximate surface area is 147 Å². The molecule has 7 heteroatoms. The molecule has 2 N–H and O–H groups in total. The largest absolute Gasteiger partial charge is 0.481 e. The maximum absolute atomic E-state index is 12.8. The molecule has 3 unspecified atom stereocenters. The van der Waals surface area contributed by atoms with E-state index in [1.165, 1.54) is 6.92 Å². The van der Waals surface area contributed by atoms with Gasteiger partial charge in [-0.25, -0.2) is 0 Å². The van der Waals surface area contributed by atoms with Crippen molar-refractivity contribution in [1.29, 1.82) is 0 Å². The van der Waals surface area contributed by atoms with E-state index < -0.39 is 12.0 Å². The molecule has 1 heterocycles. The molecule has 1 aliphatic rings.